The first-order valence-corrected chi connectivity index (χ1v) is 6.08. The van der Waals surface area contributed by atoms with Gasteiger partial charge in [0.2, 0.25) is 0 Å². The summed E-state index contributed by atoms with van der Waals surface area (Å²) in [6.45, 7) is 0.0776. The fraction of sp³-hybridized carbons (Fsp3) is 0.111. The fourth-order valence-corrected chi connectivity index (χ4v) is 3.92. The summed E-state index contributed by atoms with van der Waals surface area (Å²) >= 11 is 8.31. The Kier molecular flexibility index (Phi) is 2.83. The summed E-state index contributed by atoms with van der Waals surface area (Å²) in [5, 5.41) is 10.2. The molecule has 0 atom stereocenters. The Morgan fingerprint density at radius 3 is 2.85 bits per heavy atom. The molecule has 1 aromatic heterocycles. The number of benzene rings is 1. The second-order valence-corrected chi connectivity index (χ2v) is 5.39. The molecule has 1 heterocycles. The van der Waals surface area contributed by atoms with Crippen molar-refractivity contribution in [3.05, 3.63) is 26.6 Å². The summed E-state index contributed by atoms with van der Waals surface area (Å²) in [7, 11) is 0. The van der Waals surface area contributed by atoms with E-state index in [1.54, 1.807) is 11.3 Å². The van der Waals surface area contributed by atoms with Gasteiger partial charge in [-0.1, -0.05) is 6.07 Å². The molecule has 2 aromatic rings. The number of aliphatic hydroxyl groups is 1. The lowest BCUT2D eigenvalue weighted by molar-refractivity contribution is 0.283. The van der Waals surface area contributed by atoms with Gasteiger partial charge < -0.3 is 5.11 Å². The number of thiol groups is 1. The van der Waals surface area contributed by atoms with Crippen LogP contribution in [0.1, 0.15) is 4.88 Å². The van der Waals surface area contributed by atoms with Crippen LogP contribution in [0.15, 0.2) is 23.1 Å². The molecule has 0 aliphatic rings. The Hall–Kier alpha value is 0.220. The standard InChI is InChI=1S/C9H7IOS2/c10-5-2-1-3-6-8(5)9(12)7(4-11)13-6/h1-3,11-12H,4H2. The highest BCUT2D eigenvalue weighted by atomic mass is 127. The third kappa shape index (κ3) is 1.60. The Bertz CT molecular complexity index is 450. The van der Waals surface area contributed by atoms with Crippen LogP contribution in [-0.4, -0.2) is 5.11 Å². The summed E-state index contributed by atoms with van der Waals surface area (Å²) in [4.78, 5) is 1.87. The van der Waals surface area contributed by atoms with Gasteiger partial charge in [-0.3, -0.25) is 0 Å². The van der Waals surface area contributed by atoms with Crippen LogP contribution in [0.25, 0.3) is 10.1 Å². The third-order valence-electron chi connectivity index (χ3n) is 1.85. The monoisotopic (exact) mass is 322 g/mol. The molecule has 1 nitrogen and oxygen atoms in total. The molecule has 0 saturated heterocycles. The smallest absolute Gasteiger partial charge is 0.0786 e. The lowest BCUT2D eigenvalue weighted by atomic mass is 10.2. The normalized spacial score (nSPS) is 11.0. The molecule has 0 spiro atoms. The molecule has 68 valence electrons. The lowest BCUT2D eigenvalue weighted by Crippen LogP contribution is -1.77. The molecule has 0 amide bonds. The van der Waals surface area contributed by atoms with Gasteiger partial charge >= 0.3 is 0 Å². The zero-order valence-corrected chi connectivity index (χ0v) is 10.5. The Labute approximate surface area is 99.3 Å². The second kappa shape index (κ2) is 3.76. The largest absolute Gasteiger partial charge is 0.391 e. The van der Waals surface area contributed by atoms with Gasteiger partial charge in [0, 0.05) is 23.4 Å². The first kappa shape index (κ1) is 9.76. The minimum Gasteiger partial charge on any atom is -0.391 e. The van der Waals surface area contributed by atoms with Gasteiger partial charge in [0.15, 0.2) is 0 Å². The quantitative estimate of drug-likeness (QED) is 0.610. The van der Waals surface area contributed by atoms with Crippen LogP contribution >= 0.6 is 46.6 Å². The molecular weight excluding hydrogens is 315 g/mol. The van der Waals surface area contributed by atoms with E-state index in [-0.39, 0.29) is 6.61 Å². The molecule has 0 radical (unpaired) electrons. The summed E-state index contributed by atoms with van der Waals surface area (Å²) in [6.07, 6.45) is 0. The van der Waals surface area contributed by atoms with Crippen LogP contribution in [0.2, 0.25) is 0 Å². The lowest BCUT2D eigenvalue weighted by Gasteiger charge is -1.94. The average Bonchev–Trinajstić information content (AvgIpc) is 2.44. The first-order valence-electron chi connectivity index (χ1n) is 3.73. The van der Waals surface area contributed by atoms with E-state index >= 15 is 0 Å². The van der Waals surface area contributed by atoms with Gasteiger partial charge in [0.05, 0.1) is 6.61 Å². The van der Waals surface area contributed by atoms with Crippen LogP contribution in [0, 0.1) is 3.57 Å². The highest BCUT2D eigenvalue weighted by Gasteiger charge is 2.09. The minimum absolute atomic E-state index is 0.0776. The van der Waals surface area contributed by atoms with E-state index in [0.29, 0.717) is 0 Å². The number of halogens is 1. The molecular formula is C9H7IOS2. The van der Waals surface area contributed by atoms with Gasteiger partial charge in [-0.05, 0) is 34.7 Å². The molecule has 0 unspecified atom stereocenters. The number of fused-ring (bicyclic) bond motifs is 1. The zero-order valence-electron chi connectivity index (χ0n) is 6.62. The first-order chi connectivity index (χ1) is 6.24. The predicted octanol–water partition coefficient (Wildman–Crippen LogP) is 3.29. The Balaban J connectivity index is 2.85. The molecule has 0 aliphatic heterocycles. The van der Waals surface area contributed by atoms with Crippen LogP contribution in [0.5, 0.6) is 0 Å². The van der Waals surface area contributed by atoms with Crippen molar-refractivity contribution in [1.29, 1.82) is 0 Å². The SMILES string of the molecule is OCc1sc2cccc(I)c2c1S. The molecule has 1 aromatic carbocycles. The fourth-order valence-electron chi connectivity index (χ4n) is 1.25. The summed E-state index contributed by atoms with van der Waals surface area (Å²) in [5.74, 6) is 0. The summed E-state index contributed by atoms with van der Waals surface area (Å²) in [5.41, 5.74) is 0. The van der Waals surface area contributed by atoms with Crippen molar-refractivity contribution in [2.45, 2.75) is 11.5 Å². The van der Waals surface area contributed by atoms with Crippen LogP contribution in [0.4, 0.5) is 0 Å². The van der Waals surface area contributed by atoms with Crippen LogP contribution < -0.4 is 0 Å². The third-order valence-corrected chi connectivity index (χ3v) is 4.54. The highest BCUT2D eigenvalue weighted by Crippen LogP contribution is 2.36. The van der Waals surface area contributed by atoms with Crippen molar-refractivity contribution in [1.82, 2.24) is 0 Å². The second-order valence-electron chi connectivity index (χ2n) is 2.64. The molecule has 0 aliphatic carbocycles. The van der Waals surface area contributed by atoms with E-state index < -0.39 is 0 Å². The Morgan fingerprint density at radius 2 is 2.23 bits per heavy atom. The van der Waals surface area contributed by atoms with Gasteiger partial charge in [-0.15, -0.1) is 24.0 Å². The molecule has 4 heteroatoms. The van der Waals surface area contributed by atoms with Crippen molar-refractivity contribution < 1.29 is 5.11 Å². The van der Waals surface area contributed by atoms with E-state index in [1.165, 1.54) is 13.7 Å². The number of hydrogen-bond acceptors (Lipinski definition) is 3. The van der Waals surface area contributed by atoms with Crippen molar-refractivity contribution >= 4 is 56.6 Å². The zero-order chi connectivity index (χ0) is 9.42. The van der Waals surface area contributed by atoms with Gasteiger partial charge in [-0.2, -0.15) is 0 Å². The molecule has 0 bridgehead atoms. The van der Waals surface area contributed by atoms with Crippen molar-refractivity contribution in [2.75, 3.05) is 0 Å². The van der Waals surface area contributed by atoms with Crippen molar-refractivity contribution in [3.63, 3.8) is 0 Å². The average molecular weight is 322 g/mol. The van der Waals surface area contributed by atoms with E-state index in [2.05, 4.69) is 47.4 Å². The number of aliphatic hydroxyl groups excluding tert-OH is 1. The minimum atomic E-state index is 0.0776. The van der Waals surface area contributed by atoms with E-state index in [1.807, 2.05) is 6.07 Å². The molecule has 2 rings (SSSR count). The van der Waals surface area contributed by atoms with Gasteiger partial charge in [-0.25, -0.2) is 0 Å². The molecule has 0 saturated carbocycles. The van der Waals surface area contributed by atoms with E-state index in [9.17, 15) is 0 Å². The van der Waals surface area contributed by atoms with Gasteiger partial charge in [0.25, 0.3) is 0 Å². The number of hydrogen-bond donors (Lipinski definition) is 2. The van der Waals surface area contributed by atoms with Crippen molar-refractivity contribution in [2.24, 2.45) is 0 Å². The summed E-state index contributed by atoms with van der Waals surface area (Å²) in [6, 6.07) is 6.13. The maximum absolute atomic E-state index is 9.07. The maximum atomic E-state index is 9.07. The molecule has 13 heavy (non-hydrogen) atoms. The molecule has 1 N–H and O–H groups in total. The van der Waals surface area contributed by atoms with Crippen molar-refractivity contribution in [3.8, 4) is 0 Å². The Morgan fingerprint density at radius 1 is 1.46 bits per heavy atom. The summed E-state index contributed by atoms with van der Waals surface area (Å²) < 4.78 is 2.39. The van der Waals surface area contributed by atoms with Crippen LogP contribution in [0.3, 0.4) is 0 Å². The molecule has 0 fully saturated rings. The van der Waals surface area contributed by atoms with Crippen LogP contribution in [-0.2, 0) is 6.61 Å². The van der Waals surface area contributed by atoms with E-state index in [4.69, 9.17) is 5.11 Å². The van der Waals surface area contributed by atoms with Gasteiger partial charge in [0.1, 0.15) is 0 Å². The van der Waals surface area contributed by atoms with E-state index in [0.717, 1.165) is 9.77 Å². The number of thiophene rings is 1. The maximum Gasteiger partial charge on any atom is 0.0786 e. The highest BCUT2D eigenvalue weighted by molar-refractivity contribution is 14.1. The topological polar surface area (TPSA) is 20.2 Å². The predicted molar refractivity (Wildman–Crippen MR) is 67.7 cm³/mol. The number of rotatable bonds is 1.